The lowest BCUT2D eigenvalue weighted by Gasteiger charge is -2.13. The summed E-state index contributed by atoms with van der Waals surface area (Å²) in [7, 11) is -3.73. The fraction of sp³-hybridized carbons (Fsp3) is 0.286. The SMILES string of the molecule is CC(C)Oc1ccc(S(=O)(=O)Nc2ccc(-c3cc(CC(=O)C4CC4)nc4c3C=CC4)cc2)cc1. The number of benzene rings is 2. The molecule has 1 heterocycles. The van der Waals surface area contributed by atoms with Crippen LogP contribution in [-0.4, -0.2) is 25.3 Å². The number of allylic oxidation sites excluding steroid dienone is 1. The highest BCUT2D eigenvalue weighted by molar-refractivity contribution is 7.92. The zero-order chi connectivity index (χ0) is 24.6. The van der Waals surface area contributed by atoms with Gasteiger partial charge in [-0.3, -0.25) is 14.5 Å². The minimum absolute atomic E-state index is 0.0148. The summed E-state index contributed by atoms with van der Waals surface area (Å²) in [4.78, 5) is 17.2. The molecule has 0 aliphatic heterocycles. The molecule has 6 nitrogen and oxygen atoms in total. The Kier molecular flexibility index (Phi) is 6.19. The second kappa shape index (κ2) is 9.30. The van der Waals surface area contributed by atoms with Crippen LogP contribution in [-0.2, 0) is 27.7 Å². The fourth-order valence-corrected chi connectivity index (χ4v) is 5.31. The standard InChI is InChI=1S/C28H28N2O4S/c1-18(2)34-23-12-14-24(15-13-23)35(32,33)30-21-10-8-19(9-11-21)26-16-22(17-28(31)20-6-7-20)29-27-5-3-4-25(26)27/h3-4,8-16,18,20,30H,5-7,17H2,1-2H3. The maximum atomic E-state index is 12.8. The summed E-state index contributed by atoms with van der Waals surface area (Å²) in [5.41, 5.74) is 5.28. The summed E-state index contributed by atoms with van der Waals surface area (Å²) < 4.78 is 33.9. The smallest absolute Gasteiger partial charge is 0.261 e. The zero-order valence-corrected chi connectivity index (χ0v) is 20.6. The number of carbonyl (C=O) groups is 1. The van der Waals surface area contributed by atoms with Crippen molar-refractivity contribution in [2.24, 2.45) is 5.92 Å². The number of Topliss-reactive ketones (excluding diaryl/α,β-unsaturated/α-hetero) is 1. The van der Waals surface area contributed by atoms with E-state index >= 15 is 0 Å². The van der Waals surface area contributed by atoms with Gasteiger partial charge in [-0.15, -0.1) is 0 Å². The molecule has 5 rings (SSSR count). The highest BCUT2D eigenvalue weighted by Crippen LogP contribution is 2.34. The van der Waals surface area contributed by atoms with Crippen LogP contribution >= 0.6 is 0 Å². The molecule has 0 amide bonds. The van der Waals surface area contributed by atoms with Gasteiger partial charge < -0.3 is 4.74 Å². The number of hydrogen-bond acceptors (Lipinski definition) is 5. The Hall–Kier alpha value is -3.45. The summed E-state index contributed by atoms with van der Waals surface area (Å²) in [6, 6.07) is 15.7. The van der Waals surface area contributed by atoms with Crippen molar-refractivity contribution < 1.29 is 17.9 Å². The Morgan fingerprint density at radius 3 is 2.46 bits per heavy atom. The van der Waals surface area contributed by atoms with E-state index in [0.29, 0.717) is 17.9 Å². The van der Waals surface area contributed by atoms with Crippen LogP contribution < -0.4 is 9.46 Å². The Bertz CT molecular complexity index is 1390. The van der Waals surface area contributed by atoms with Crippen LogP contribution in [0.4, 0.5) is 5.69 Å². The van der Waals surface area contributed by atoms with E-state index in [2.05, 4.69) is 16.9 Å². The van der Waals surface area contributed by atoms with Crippen molar-refractivity contribution in [3.8, 4) is 16.9 Å². The lowest BCUT2D eigenvalue weighted by atomic mass is 9.97. The first-order chi connectivity index (χ1) is 16.8. The molecular weight excluding hydrogens is 460 g/mol. The second-order valence-corrected chi connectivity index (χ2v) is 11.0. The molecule has 35 heavy (non-hydrogen) atoms. The van der Waals surface area contributed by atoms with Crippen LogP contribution in [0.3, 0.4) is 0 Å². The van der Waals surface area contributed by atoms with E-state index in [1.807, 2.05) is 32.0 Å². The molecular formula is C28H28N2O4S. The van der Waals surface area contributed by atoms with E-state index in [1.165, 1.54) is 12.1 Å². The normalized spacial score (nSPS) is 14.7. The van der Waals surface area contributed by atoms with Gasteiger partial charge in [-0.25, -0.2) is 8.42 Å². The van der Waals surface area contributed by atoms with Gasteiger partial charge in [-0.1, -0.05) is 24.3 Å². The number of sulfonamides is 1. The molecule has 0 saturated heterocycles. The number of pyridine rings is 1. The Morgan fingerprint density at radius 2 is 1.80 bits per heavy atom. The van der Waals surface area contributed by atoms with E-state index in [1.54, 1.807) is 24.3 Å². The molecule has 0 radical (unpaired) electrons. The molecule has 2 aliphatic carbocycles. The number of ether oxygens (including phenoxy) is 1. The van der Waals surface area contributed by atoms with E-state index in [4.69, 9.17) is 9.72 Å². The topological polar surface area (TPSA) is 85.4 Å². The molecule has 0 atom stereocenters. The van der Waals surface area contributed by atoms with Crippen molar-refractivity contribution in [2.75, 3.05) is 4.72 Å². The van der Waals surface area contributed by atoms with Crippen LogP contribution in [0.5, 0.6) is 5.75 Å². The zero-order valence-electron chi connectivity index (χ0n) is 19.8. The van der Waals surface area contributed by atoms with Gasteiger partial charge in [0.2, 0.25) is 0 Å². The predicted molar refractivity (Wildman–Crippen MR) is 137 cm³/mol. The molecule has 1 N–H and O–H groups in total. The van der Waals surface area contributed by atoms with Gasteiger partial charge in [0.15, 0.2) is 0 Å². The van der Waals surface area contributed by atoms with Crippen LogP contribution in [0.25, 0.3) is 17.2 Å². The Morgan fingerprint density at radius 1 is 1.09 bits per heavy atom. The van der Waals surface area contributed by atoms with Crippen molar-refractivity contribution >= 4 is 27.6 Å². The summed E-state index contributed by atoms with van der Waals surface area (Å²) in [6.07, 6.45) is 7.26. The van der Waals surface area contributed by atoms with Gasteiger partial charge in [-0.2, -0.15) is 0 Å². The monoisotopic (exact) mass is 488 g/mol. The molecule has 180 valence electrons. The molecule has 0 bridgehead atoms. The average molecular weight is 489 g/mol. The molecule has 1 fully saturated rings. The lowest BCUT2D eigenvalue weighted by molar-refractivity contribution is -0.119. The Labute approximate surface area is 206 Å². The first kappa shape index (κ1) is 23.3. The van der Waals surface area contributed by atoms with Crippen molar-refractivity contribution in [2.45, 2.75) is 50.5 Å². The highest BCUT2D eigenvalue weighted by atomic mass is 32.2. The molecule has 1 saturated carbocycles. The summed E-state index contributed by atoms with van der Waals surface area (Å²) in [6.45, 7) is 3.84. The maximum Gasteiger partial charge on any atom is 0.261 e. The number of nitrogens with zero attached hydrogens (tertiary/aromatic N) is 1. The summed E-state index contributed by atoms with van der Waals surface area (Å²) in [5.74, 6) is 1.10. The molecule has 2 aromatic carbocycles. The van der Waals surface area contributed by atoms with Gasteiger partial charge >= 0.3 is 0 Å². The van der Waals surface area contributed by atoms with E-state index in [0.717, 1.165) is 47.3 Å². The first-order valence-electron chi connectivity index (χ1n) is 11.9. The number of rotatable bonds is 9. The number of ketones is 1. The quantitative estimate of drug-likeness (QED) is 0.434. The lowest BCUT2D eigenvalue weighted by Crippen LogP contribution is -2.13. The van der Waals surface area contributed by atoms with Gasteiger partial charge in [0.05, 0.1) is 16.7 Å². The first-order valence-corrected chi connectivity index (χ1v) is 13.4. The number of fused-ring (bicyclic) bond motifs is 1. The van der Waals surface area contributed by atoms with Crippen molar-refractivity contribution in [1.82, 2.24) is 4.98 Å². The van der Waals surface area contributed by atoms with Crippen molar-refractivity contribution in [3.05, 3.63) is 77.6 Å². The fourth-order valence-electron chi connectivity index (χ4n) is 4.25. The third kappa shape index (κ3) is 5.30. The van der Waals surface area contributed by atoms with Gasteiger partial charge in [0.1, 0.15) is 11.5 Å². The number of carbonyl (C=O) groups excluding carboxylic acids is 1. The molecule has 0 spiro atoms. The minimum atomic E-state index is -3.73. The summed E-state index contributed by atoms with van der Waals surface area (Å²) >= 11 is 0. The van der Waals surface area contributed by atoms with Gasteiger partial charge in [0, 0.05) is 35.7 Å². The predicted octanol–water partition coefficient (Wildman–Crippen LogP) is 5.43. The Balaban J connectivity index is 1.35. The molecule has 1 aromatic heterocycles. The minimum Gasteiger partial charge on any atom is -0.491 e. The number of aromatic nitrogens is 1. The van der Waals surface area contributed by atoms with Crippen LogP contribution in [0.2, 0.25) is 0 Å². The molecule has 2 aliphatic rings. The van der Waals surface area contributed by atoms with Crippen LogP contribution in [0.1, 0.15) is 43.6 Å². The number of nitrogens with one attached hydrogen (secondary N) is 1. The van der Waals surface area contributed by atoms with Crippen molar-refractivity contribution in [1.29, 1.82) is 0 Å². The second-order valence-electron chi connectivity index (χ2n) is 9.37. The van der Waals surface area contributed by atoms with Crippen molar-refractivity contribution in [3.63, 3.8) is 0 Å². The van der Waals surface area contributed by atoms with E-state index in [9.17, 15) is 13.2 Å². The van der Waals surface area contributed by atoms with Gasteiger partial charge in [-0.05, 0) is 80.3 Å². The van der Waals surface area contributed by atoms with E-state index in [-0.39, 0.29) is 22.7 Å². The van der Waals surface area contributed by atoms with Crippen LogP contribution in [0, 0.1) is 5.92 Å². The average Bonchev–Trinajstić information content (AvgIpc) is 3.57. The molecule has 7 heteroatoms. The summed E-state index contributed by atoms with van der Waals surface area (Å²) in [5, 5.41) is 0. The number of hydrogen-bond donors (Lipinski definition) is 1. The third-order valence-electron chi connectivity index (χ3n) is 6.13. The molecule has 3 aromatic rings. The largest absolute Gasteiger partial charge is 0.491 e. The van der Waals surface area contributed by atoms with E-state index < -0.39 is 10.0 Å². The highest BCUT2D eigenvalue weighted by Gasteiger charge is 2.30. The number of anilines is 1. The van der Waals surface area contributed by atoms with Gasteiger partial charge in [0.25, 0.3) is 10.0 Å². The maximum absolute atomic E-state index is 12.8. The van der Waals surface area contributed by atoms with Crippen LogP contribution in [0.15, 0.2) is 65.6 Å². The molecule has 0 unspecified atom stereocenters. The third-order valence-corrected chi connectivity index (χ3v) is 7.53.